The predicted octanol–water partition coefficient (Wildman–Crippen LogP) is 3.18. The summed E-state index contributed by atoms with van der Waals surface area (Å²) < 4.78 is 0. The average Bonchev–Trinajstić information content (AvgIpc) is 2.82. The Morgan fingerprint density at radius 1 is 1.40 bits per heavy atom. The molecule has 0 amide bonds. The van der Waals surface area contributed by atoms with Gasteiger partial charge in [0.1, 0.15) is 0 Å². The Bertz CT molecular complexity index is 326. The van der Waals surface area contributed by atoms with Gasteiger partial charge in [-0.25, -0.2) is 0 Å². The van der Waals surface area contributed by atoms with Gasteiger partial charge in [0.2, 0.25) is 0 Å². The predicted molar refractivity (Wildman–Crippen MR) is 66.0 cm³/mol. The van der Waals surface area contributed by atoms with Crippen LogP contribution in [-0.4, -0.2) is 6.04 Å². The molecule has 1 aromatic rings. The van der Waals surface area contributed by atoms with E-state index in [2.05, 4.69) is 25.2 Å². The van der Waals surface area contributed by atoms with Crippen molar-refractivity contribution in [3.63, 3.8) is 0 Å². The first-order chi connectivity index (χ1) is 7.19. The highest BCUT2D eigenvalue weighted by molar-refractivity contribution is 5.57. The van der Waals surface area contributed by atoms with E-state index in [-0.39, 0.29) is 0 Å². The van der Waals surface area contributed by atoms with E-state index in [1.165, 1.54) is 30.5 Å². The van der Waals surface area contributed by atoms with E-state index < -0.39 is 0 Å². The van der Waals surface area contributed by atoms with Crippen molar-refractivity contribution in [2.24, 2.45) is 5.92 Å². The largest absolute Gasteiger partial charge is 0.399 e. The van der Waals surface area contributed by atoms with Gasteiger partial charge >= 0.3 is 0 Å². The molecule has 15 heavy (non-hydrogen) atoms. The Balaban J connectivity index is 1.94. The third-order valence-electron chi connectivity index (χ3n) is 3.03. The molecule has 2 rings (SSSR count). The van der Waals surface area contributed by atoms with E-state index >= 15 is 0 Å². The lowest BCUT2D eigenvalue weighted by atomic mass is 10.2. The number of nitrogen functional groups attached to an aromatic ring is 1. The van der Waals surface area contributed by atoms with Gasteiger partial charge in [-0.15, -0.1) is 0 Å². The molecule has 0 bridgehead atoms. The van der Waals surface area contributed by atoms with Crippen molar-refractivity contribution < 1.29 is 0 Å². The summed E-state index contributed by atoms with van der Waals surface area (Å²) >= 11 is 0. The maximum atomic E-state index is 5.81. The number of rotatable bonds is 4. The quantitative estimate of drug-likeness (QED) is 0.739. The molecule has 1 fully saturated rings. The Labute approximate surface area is 91.9 Å². The second kappa shape index (κ2) is 4.13. The van der Waals surface area contributed by atoms with E-state index in [0.29, 0.717) is 6.04 Å². The summed E-state index contributed by atoms with van der Waals surface area (Å²) in [4.78, 5) is 0. The van der Waals surface area contributed by atoms with Crippen molar-refractivity contribution in [1.29, 1.82) is 0 Å². The van der Waals surface area contributed by atoms with Crippen LogP contribution >= 0.6 is 0 Å². The fourth-order valence-corrected chi connectivity index (χ4v) is 2.22. The van der Waals surface area contributed by atoms with Crippen LogP contribution in [0.2, 0.25) is 0 Å². The number of aryl methyl sites for hydroxylation is 1. The van der Waals surface area contributed by atoms with Crippen molar-refractivity contribution >= 4 is 11.4 Å². The first kappa shape index (κ1) is 10.3. The van der Waals surface area contributed by atoms with Crippen molar-refractivity contribution in [2.45, 2.75) is 39.2 Å². The molecule has 3 N–H and O–H groups in total. The van der Waals surface area contributed by atoms with Crippen molar-refractivity contribution in [3.05, 3.63) is 23.8 Å². The number of benzene rings is 1. The zero-order valence-electron chi connectivity index (χ0n) is 9.59. The summed E-state index contributed by atoms with van der Waals surface area (Å²) in [5, 5.41) is 3.55. The summed E-state index contributed by atoms with van der Waals surface area (Å²) in [5.74, 6) is 0.886. The lowest BCUT2D eigenvalue weighted by molar-refractivity contribution is 0.693. The summed E-state index contributed by atoms with van der Waals surface area (Å²) in [6, 6.07) is 6.87. The standard InChI is InChI=1S/C13H20N2/c1-3-4-10-7-13(10)15-12-6-9(2)5-11(14)8-12/h5-6,8,10,13,15H,3-4,7,14H2,1-2H3. The minimum Gasteiger partial charge on any atom is -0.399 e. The van der Waals surface area contributed by atoms with Gasteiger partial charge in [0.05, 0.1) is 0 Å². The Kier molecular flexibility index (Phi) is 2.85. The molecule has 82 valence electrons. The topological polar surface area (TPSA) is 38.0 Å². The zero-order valence-corrected chi connectivity index (χ0v) is 9.59. The lowest BCUT2D eigenvalue weighted by Crippen LogP contribution is -2.05. The highest BCUT2D eigenvalue weighted by Crippen LogP contribution is 2.37. The molecule has 2 nitrogen and oxygen atoms in total. The minimum absolute atomic E-state index is 0.686. The average molecular weight is 204 g/mol. The summed E-state index contributed by atoms with van der Waals surface area (Å²) in [7, 11) is 0. The molecule has 2 heteroatoms. The molecule has 0 aliphatic heterocycles. The monoisotopic (exact) mass is 204 g/mol. The molecule has 2 atom stereocenters. The molecule has 1 aliphatic rings. The number of nitrogens with two attached hydrogens (primary N) is 1. The molecule has 0 radical (unpaired) electrons. The van der Waals surface area contributed by atoms with Gasteiger partial charge in [-0.2, -0.15) is 0 Å². The van der Waals surface area contributed by atoms with Crippen LogP contribution in [0, 0.1) is 12.8 Å². The summed E-state index contributed by atoms with van der Waals surface area (Å²) in [6.45, 7) is 4.33. The highest BCUT2D eigenvalue weighted by Gasteiger charge is 2.35. The van der Waals surface area contributed by atoms with E-state index in [9.17, 15) is 0 Å². The molecule has 0 aromatic heterocycles. The first-order valence-corrected chi connectivity index (χ1v) is 5.82. The molecule has 1 aliphatic carbocycles. The maximum absolute atomic E-state index is 5.81. The van der Waals surface area contributed by atoms with Gasteiger partial charge in [-0.1, -0.05) is 13.3 Å². The van der Waals surface area contributed by atoms with Gasteiger partial charge in [0.15, 0.2) is 0 Å². The third-order valence-corrected chi connectivity index (χ3v) is 3.03. The van der Waals surface area contributed by atoms with Gasteiger partial charge in [-0.3, -0.25) is 0 Å². The Morgan fingerprint density at radius 3 is 2.87 bits per heavy atom. The van der Waals surface area contributed by atoms with Crippen LogP contribution in [0.5, 0.6) is 0 Å². The molecular formula is C13H20N2. The van der Waals surface area contributed by atoms with Crippen LogP contribution in [0.1, 0.15) is 31.7 Å². The van der Waals surface area contributed by atoms with Gasteiger partial charge in [0, 0.05) is 17.4 Å². The fraction of sp³-hybridized carbons (Fsp3) is 0.538. The van der Waals surface area contributed by atoms with E-state index in [4.69, 9.17) is 5.73 Å². The molecule has 0 heterocycles. The maximum Gasteiger partial charge on any atom is 0.0365 e. The van der Waals surface area contributed by atoms with Crippen LogP contribution in [0.25, 0.3) is 0 Å². The second-order valence-corrected chi connectivity index (χ2v) is 4.67. The van der Waals surface area contributed by atoms with E-state index in [0.717, 1.165) is 11.6 Å². The SMILES string of the molecule is CCCC1CC1Nc1cc(C)cc(N)c1. The molecule has 0 spiro atoms. The van der Waals surface area contributed by atoms with E-state index in [1.54, 1.807) is 0 Å². The number of hydrogen-bond donors (Lipinski definition) is 2. The van der Waals surface area contributed by atoms with Crippen molar-refractivity contribution in [2.75, 3.05) is 11.1 Å². The Morgan fingerprint density at radius 2 is 2.20 bits per heavy atom. The van der Waals surface area contributed by atoms with Crippen LogP contribution in [0.15, 0.2) is 18.2 Å². The number of hydrogen-bond acceptors (Lipinski definition) is 2. The third kappa shape index (κ3) is 2.65. The van der Waals surface area contributed by atoms with Gasteiger partial charge in [-0.05, 0) is 49.4 Å². The molecule has 1 saturated carbocycles. The highest BCUT2D eigenvalue weighted by atomic mass is 15.0. The minimum atomic E-state index is 0.686. The number of anilines is 2. The summed E-state index contributed by atoms with van der Waals surface area (Å²) in [6.07, 6.45) is 3.96. The van der Waals surface area contributed by atoms with Crippen LogP contribution < -0.4 is 11.1 Å². The summed E-state index contributed by atoms with van der Waals surface area (Å²) in [5.41, 5.74) is 9.06. The molecule has 2 unspecified atom stereocenters. The normalized spacial score (nSPS) is 23.9. The Hall–Kier alpha value is -1.18. The smallest absolute Gasteiger partial charge is 0.0365 e. The van der Waals surface area contributed by atoms with Crippen molar-refractivity contribution in [1.82, 2.24) is 0 Å². The zero-order chi connectivity index (χ0) is 10.8. The van der Waals surface area contributed by atoms with Gasteiger partial charge in [0.25, 0.3) is 0 Å². The fourth-order valence-electron chi connectivity index (χ4n) is 2.22. The van der Waals surface area contributed by atoms with Gasteiger partial charge < -0.3 is 11.1 Å². The molecule has 1 aromatic carbocycles. The van der Waals surface area contributed by atoms with Crippen LogP contribution in [0.4, 0.5) is 11.4 Å². The van der Waals surface area contributed by atoms with E-state index in [1.807, 2.05) is 12.1 Å². The second-order valence-electron chi connectivity index (χ2n) is 4.67. The molecule has 0 saturated heterocycles. The number of nitrogens with one attached hydrogen (secondary N) is 1. The lowest BCUT2D eigenvalue weighted by Gasteiger charge is -2.08. The first-order valence-electron chi connectivity index (χ1n) is 5.82. The van der Waals surface area contributed by atoms with Crippen LogP contribution in [-0.2, 0) is 0 Å². The van der Waals surface area contributed by atoms with Crippen molar-refractivity contribution in [3.8, 4) is 0 Å². The van der Waals surface area contributed by atoms with Crippen LogP contribution in [0.3, 0.4) is 0 Å². The molecular weight excluding hydrogens is 184 g/mol.